The summed E-state index contributed by atoms with van der Waals surface area (Å²) in [6.45, 7) is 0. The van der Waals surface area contributed by atoms with Crippen LogP contribution in [0.5, 0.6) is 0 Å². The van der Waals surface area contributed by atoms with Gasteiger partial charge in [-0.3, -0.25) is 0 Å². The smallest absolute Gasteiger partial charge is 0.101 e. The number of thiophene rings is 2. The van der Waals surface area contributed by atoms with Crippen molar-refractivity contribution >= 4 is 22.7 Å². The Balaban J connectivity index is 2.11. The third-order valence-corrected chi connectivity index (χ3v) is 4.49. The number of nitriles is 2. The zero-order chi connectivity index (χ0) is 16.8. The molecule has 3 rings (SSSR count). The first-order valence-electron chi connectivity index (χ1n) is 6.87. The molecule has 0 spiro atoms. The van der Waals surface area contributed by atoms with Gasteiger partial charge in [0.25, 0.3) is 0 Å². The molecule has 0 bridgehead atoms. The highest BCUT2D eigenvalue weighted by atomic mass is 32.1. The van der Waals surface area contributed by atoms with Crippen molar-refractivity contribution in [2.75, 3.05) is 0 Å². The van der Waals surface area contributed by atoms with Crippen molar-refractivity contribution in [3.63, 3.8) is 0 Å². The molecule has 110 valence electrons. The maximum absolute atomic E-state index is 9.21. The summed E-state index contributed by atoms with van der Waals surface area (Å²) in [5.41, 5.74) is 3.76. The van der Waals surface area contributed by atoms with Crippen LogP contribution in [0.3, 0.4) is 0 Å². The minimum Gasteiger partial charge on any atom is -0.192 e. The quantitative estimate of drug-likeness (QED) is 0.571. The van der Waals surface area contributed by atoms with Gasteiger partial charge in [0.1, 0.15) is 12.1 Å². The van der Waals surface area contributed by atoms with Crippen LogP contribution in [0.15, 0.2) is 45.8 Å². The van der Waals surface area contributed by atoms with Crippen LogP contribution >= 0.6 is 22.7 Å². The Hall–Kier alpha value is -3.28. The van der Waals surface area contributed by atoms with Gasteiger partial charge in [0, 0.05) is 33.0 Å². The average Bonchev–Trinajstić information content (AvgIpc) is 3.31. The van der Waals surface area contributed by atoms with E-state index in [0.717, 1.165) is 11.1 Å². The minimum atomic E-state index is 0.313. The van der Waals surface area contributed by atoms with Gasteiger partial charge in [-0.05, 0) is 35.0 Å². The lowest BCUT2D eigenvalue weighted by Gasteiger charge is -2.00. The van der Waals surface area contributed by atoms with Gasteiger partial charge in [0.15, 0.2) is 0 Å². The lowest BCUT2D eigenvalue weighted by molar-refractivity contribution is 1.41. The van der Waals surface area contributed by atoms with Crippen molar-refractivity contribution in [3.8, 4) is 35.8 Å². The zero-order valence-electron chi connectivity index (χ0n) is 12.3. The summed E-state index contributed by atoms with van der Waals surface area (Å²) >= 11 is 3.15. The van der Waals surface area contributed by atoms with E-state index in [9.17, 15) is 10.5 Å². The Morgan fingerprint density at radius 3 is 1.42 bits per heavy atom. The van der Waals surface area contributed by atoms with E-state index in [1.807, 2.05) is 45.8 Å². The van der Waals surface area contributed by atoms with Crippen molar-refractivity contribution in [1.29, 1.82) is 10.5 Å². The molecule has 0 aliphatic rings. The molecular weight excluding hydrogens is 332 g/mol. The van der Waals surface area contributed by atoms with Gasteiger partial charge in [0.2, 0.25) is 0 Å². The van der Waals surface area contributed by atoms with Crippen LogP contribution in [0.2, 0.25) is 0 Å². The standard InChI is InChI=1S/C20H8N2S2/c21-11-19-9-17(3-1-15-5-7-23-13-15)18(10-20(19)12-22)4-2-16-6-8-24-14-16/h5-10,13-14H. The number of nitrogens with zero attached hydrogens (tertiary/aromatic N) is 2. The minimum absolute atomic E-state index is 0.313. The molecule has 0 saturated heterocycles. The van der Waals surface area contributed by atoms with Crippen LogP contribution in [-0.2, 0) is 0 Å². The summed E-state index contributed by atoms with van der Waals surface area (Å²) in [5, 5.41) is 26.3. The van der Waals surface area contributed by atoms with Crippen LogP contribution in [0, 0.1) is 46.3 Å². The molecule has 0 unspecified atom stereocenters. The maximum Gasteiger partial charge on any atom is 0.101 e. The third kappa shape index (κ3) is 3.55. The highest BCUT2D eigenvalue weighted by molar-refractivity contribution is 7.08. The monoisotopic (exact) mass is 340 g/mol. The molecule has 0 amide bonds. The highest BCUT2D eigenvalue weighted by Crippen LogP contribution is 2.16. The molecule has 0 atom stereocenters. The van der Waals surface area contributed by atoms with Gasteiger partial charge in [-0.25, -0.2) is 0 Å². The van der Waals surface area contributed by atoms with Crippen LogP contribution in [0.4, 0.5) is 0 Å². The van der Waals surface area contributed by atoms with Gasteiger partial charge >= 0.3 is 0 Å². The third-order valence-electron chi connectivity index (χ3n) is 3.12. The SMILES string of the molecule is N#Cc1cc(C#Cc2ccsc2)c(C#Cc2ccsc2)cc1C#N. The lowest BCUT2D eigenvalue weighted by atomic mass is 9.99. The predicted octanol–water partition coefficient (Wildman–Crippen LogP) is 4.35. The largest absolute Gasteiger partial charge is 0.192 e. The number of hydrogen-bond acceptors (Lipinski definition) is 4. The Bertz CT molecular complexity index is 980. The molecule has 2 heterocycles. The van der Waals surface area contributed by atoms with E-state index in [0.29, 0.717) is 22.3 Å². The summed E-state index contributed by atoms with van der Waals surface area (Å²) < 4.78 is 0. The molecule has 0 aliphatic carbocycles. The molecule has 3 aromatic rings. The van der Waals surface area contributed by atoms with Gasteiger partial charge in [0.05, 0.1) is 11.1 Å². The molecule has 0 N–H and O–H groups in total. The first kappa shape index (κ1) is 15.6. The fourth-order valence-corrected chi connectivity index (χ4v) is 3.12. The van der Waals surface area contributed by atoms with Crippen molar-refractivity contribution in [3.05, 3.63) is 79.2 Å². The summed E-state index contributed by atoms with van der Waals surface area (Å²) in [7, 11) is 0. The van der Waals surface area contributed by atoms with E-state index in [1.165, 1.54) is 0 Å². The number of rotatable bonds is 0. The second-order valence-electron chi connectivity index (χ2n) is 4.69. The van der Waals surface area contributed by atoms with Crippen molar-refractivity contribution in [2.45, 2.75) is 0 Å². The normalized spacial score (nSPS) is 8.92. The Morgan fingerprint density at radius 1 is 0.625 bits per heavy atom. The number of hydrogen-bond donors (Lipinski definition) is 0. The van der Waals surface area contributed by atoms with Crippen molar-refractivity contribution in [2.24, 2.45) is 0 Å². The van der Waals surface area contributed by atoms with Gasteiger partial charge < -0.3 is 0 Å². The van der Waals surface area contributed by atoms with E-state index < -0.39 is 0 Å². The van der Waals surface area contributed by atoms with Crippen LogP contribution in [0.1, 0.15) is 33.4 Å². The summed E-state index contributed by atoms with van der Waals surface area (Å²) in [4.78, 5) is 0. The predicted molar refractivity (Wildman–Crippen MR) is 96.5 cm³/mol. The van der Waals surface area contributed by atoms with Crippen LogP contribution in [-0.4, -0.2) is 0 Å². The van der Waals surface area contributed by atoms with Crippen LogP contribution < -0.4 is 0 Å². The Kier molecular flexibility index (Phi) is 4.76. The second-order valence-corrected chi connectivity index (χ2v) is 6.25. The average molecular weight is 340 g/mol. The Morgan fingerprint density at radius 2 is 1.08 bits per heavy atom. The number of benzene rings is 1. The molecule has 0 fully saturated rings. The van der Waals surface area contributed by atoms with Crippen molar-refractivity contribution in [1.82, 2.24) is 0 Å². The topological polar surface area (TPSA) is 47.6 Å². The molecule has 24 heavy (non-hydrogen) atoms. The maximum atomic E-state index is 9.21. The van der Waals surface area contributed by atoms with Crippen molar-refractivity contribution < 1.29 is 0 Å². The fraction of sp³-hybridized carbons (Fsp3) is 0. The van der Waals surface area contributed by atoms with E-state index in [1.54, 1.807) is 34.8 Å². The summed E-state index contributed by atoms with van der Waals surface area (Å²) in [5.74, 6) is 12.3. The first-order valence-corrected chi connectivity index (χ1v) is 8.75. The molecule has 2 nitrogen and oxygen atoms in total. The van der Waals surface area contributed by atoms with E-state index in [-0.39, 0.29) is 0 Å². The zero-order valence-corrected chi connectivity index (χ0v) is 14.0. The van der Waals surface area contributed by atoms with Gasteiger partial charge in [-0.15, -0.1) is 0 Å². The van der Waals surface area contributed by atoms with E-state index in [4.69, 9.17) is 0 Å². The summed E-state index contributed by atoms with van der Waals surface area (Å²) in [6, 6.07) is 11.2. The van der Waals surface area contributed by atoms with E-state index >= 15 is 0 Å². The molecule has 0 radical (unpaired) electrons. The first-order chi connectivity index (χ1) is 11.8. The molecule has 2 aromatic heterocycles. The van der Waals surface area contributed by atoms with E-state index in [2.05, 4.69) is 23.7 Å². The van der Waals surface area contributed by atoms with Crippen LogP contribution in [0.25, 0.3) is 0 Å². The Labute approximate surface area is 148 Å². The molecule has 4 heteroatoms. The molecule has 0 saturated carbocycles. The fourth-order valence-electron chi connectivity index (χ4n) is 1.94. The molecular formula is C20H8N2S2. The van der Waals surface area contributed by atoms with Gasteiger partial charge in [-0.2, -0.15) is 33.2 Å². The molecule has 1 aromatic carbocycles. The lowest BCUT2D eigenvalue weighted by Crippen LogP contribution is -1.92. The van der Waals surface area contributed by atoms with Gasteiger partial charge in [-0.1, -0.05) is 23.7 Å². The highest BCUT2D eigenvalue weighted by Gasteiger charge is 2.07. The second kappa shape index (κ2) is 7.32. The summed E-state index contributed by atoms with van der Waals surface area (Å²) in [6.07, 6.45) is 0. The molecule has 0 aliphatic heterocycles.